The fraction of sp³-hybridized carbons (Fsp3) is 0.931. The van der Waals surface area contributed by atoms with E-state index < -0.39 is 0 Å². The maximum atomic E-state index is 13.0. The van der Waals surface area contributed by atoms with Crippen molar-refractivity contribution in [3.8, 4) is 0 Å². The number of amides is 1. The van der Waals surface area contributed by atoms with E-state index in [9.17, 15) is 4.79 Å². The Morgan fingerprint density at radius 2 is 1.95 bits per heavy atom. The molecule has 0 aromatic heterocycles. The zero-order chi connectivity index (χ0) is 26.4. The molecule has 3 fully saturated rings. The third kappa shape index (κ3) is 8.84. The number of hydrogen-bond donors (Lipinski definition) is 4. The van der Waals surface area contributed by atoms with Gasteiger partial charge in [0.15, 0.2) is 0 Å². The highest BCUT2D eigenvalue weighted by atomic mass is 32.2. The molecule has 2 aliphatic carbocycles. The van der Waals surface area contributed by atoms with Crippen LogP contribution in [-0.2, 0) is 4.79 Å². The minimum Gasteiger partial charge on any atom is -0.371 e. The molecule has 4 rings (SSSR count). The van der Waals surface area contributed by atoms with E-state index in [4.69, 9.17) is 4.99 Å². The van der Waals surface area contributed by atoms with Crippen molar-refractivity contribution in [1.82, 2.24) is 26.2 Å². The topological polar surface area (TPSA) is 80.8 Å². The van der Waals surface area contributed by atoms with Gasteiger partial charge in [-0.2, -0.15) is 0 Å². The summed E-state index contributed by atoms with van der Waals surface area (Å²) in [6, 6.07) is 2.36. The summed E-state index contributed by atoms with van der Waals surface area (Å²) in [6.45, 7) is 9.48. The summed E-state index contributed by atoms with van der Waals surface area (Å²) in [4.78, 5) is 20.2. The van der Waals surface area contributed by atoms with Crippen molar-refractivity contribution in [3.63, 3.8) is 0 Å². The summed E-state index contributed by atoms with van der Waals surface area (Å²) in [5, 5.41) is 15.6. The lowest BCUT2D eigenvalue weighted by molar-refractivity contribution is -0.126. The Bertz CT molecular complexity index is 773. The van der Waals surface area contributed by atoms with E-state index in [1.54, 1.807) is 0 Å². The third-order valence-electron chi connectivity index (χ3n) is 9.05. The van der Waals surface area contributed by atoms with Gasteiger partial charge in [-0.25, -0.2) is 0 Å². The maximum Gasteiger partial charge on any atom is 0.223 e. The summed E-state index contributed by atoms with van der Waals surface area (Å²) >= 11 is 2.12. The molecule has 37 heavy (non-hydrogen) atoms. The Kier molecular flexibility index (Phi) is 10.6. The number of fused-ring (bicyclic) bond motifs is 1. The molecular weight excluding hydrogens is 480 g/mol. The second-order valence-electron chi connectivity index (χ2n) is 13.4. The largest absolute Gasteiger partial charge is 0.371 e. The lowest BCUT2D eigenvalue weighted by Gasteiger charge is -2.37. The second-order valence-corrected chi connectivity index (χ2v) is 14.6. The van der Waals surface area contributed by atoms with Gasteiger partial charge in [-0.15, -0.1) is 11.8 Å². The van der Waals surface area contributed by atoms with Crippen LogP contribution in [0.15, 0.2) is 4.99 Å². The van der Waals surface area contributed by atoms with Gasteiger partial charge < -0.3 is 26.2 Å². The van der Waals surface area contributed by atoms with Gasteiger partial charge in [-0.3, -0.25) is 9.79 Å². The molecule has 7 unspecified atom stereocenters. The minimum atomic E-state index is 0.0779. The molecule has 0 bridgehead atoms. The van der Waals surface area contributed by atoms with Gasteiger partial charge in [0, 0.05) is 67.3 Å². The zero-order valence-corrected chi connectivity index (χ0v) is 25.0. The predicted octanol–water partition coefficient (Wildman–Crippen LogP) is 3.60. The van der Waals surface area contributed by atoms with Gasteiger partial charge in [-0.05, 0) is 76.8 Å². The Labute approximate surface area is 230 Å². The van der Waals surface area contributed by atoms with Crippen molar-refractivity contribution in [1.29, 1.82) is 0 Å². The first kappa shape index (κ1) is 29.2. The minimum absolute atomic E-state index is 0.0779. The van der Waals surface area contributed by atoms with Gasteiger partial charge in [-0.1, -0.05) is 27.2 Å². The summed E-state index contributed by atoms with van der Waals surface area (Å²) in [5.74, 6) is 3.33. The van der Waals surface area contributed by atoms with E-state index in [2.05, 4.69) is 72.8 Å². The molecule has 7 atom stereocenters. The molecule has 0 radical (unpaired) electrons. The Morgan fingerprint density at radius 3 is 2.76 bits per heavy atom. The van der Waals surface area contributed by atoms with E-state index in [1.807, 2.05) is 0 Å². The number of carbonyl (C=O) groups is 1. The van der Waals surface area contributed by atoms with Crippen LogP contribution >= 0.6 is 11.8 Å². The highest BCUT2D eigenvalue weighted by Gasteiger charge is 2.36. The summed E-state index contributed by atoms with van der Waals surface area (Å²) in [7, 11) is 4.18. The molecule has 0 spiro atoms. The third-order valence-corrected chi connectivity index (χ3v) is 10.3. The fourth-order valence-electron chi connectivity index (χ4n) is 7.07. The first-order valence-corrected chi connectivity index (χ1v) is 16.1. The average Bonchev–Trinajstić information content (AvgIpc) is 3.31. The molecule has 0 aromatic rings. The highest BCUT2D eigenvalue weighted by molar-refractivity contribution is 8.00. The number of hydrogen-bond acceptors (Lipinski definition) is 7. The molecule has 0 aromatic carbocycles. The molecule has 8 heteroatoms. The van der Waals surface area contributed by atoms with E-state index in [0.717, 1.165) is 75.3 Å². The monoisotopic (exact) mass is 534 g/mol. The fourth-order valence-corrected chi connectivity index (χ4v) is 8.43. The van der Waals surface area contributed by atoms with Gasteiger partial charge >= 0.3 is 0 Å². The van der Waals surface area contributed by atoms with Crippen molar-refractivity contribution >= 4 is 23.5 Å². The number of nitrogens with zero attached hydrogens (tertiary/aromatic N) is 2. The van der Waals surface area contributed by atoms with Gasteiger partial charge in [0.2, 0.25) is 5.91 Å². The van der Waals surface area contributed by atoms with Crippen molar-refractivity contribution in [3.05, 3.63) is 0 Å². The molecule has 2 aliphatic heterocycles. The first-order valence-electron chi connectivity index (χ1n) is 15.0. The molecular formula is C29H54N6OS. The SMILES string of the molecule is CC1CCC(NC2CCCC(C(=O)NCC(C)(C)CN(C)C)C2)=NCCC1NC1CCC2NCSC2C1. The van der Waals surface area contributed by atoms with E-state index in [1.165, 1.54) is 31.5 Å². The molecule has 212 valence electrons. The van der Waals surface area contributed by atoms with Crippen LogP contribution in [0.1, 0.15) is 85.0 Å². The standard InChI is InChI=1S/C29H54N6OS/c1-20-9-12-27(30-14-13-24(20)33-23-10-11-25-26(16-23)37-19-32-25)34-22-8-6-7-21(15-22)28(36)31-17-29(2,3)18-35(4)5/h20-26,32-33H,6-19H2,1-5H3,(H,30,34)(H,31,36). The normalized spacial score (nSPS) is 35.3. The first-order chi connectivity index (χ1) is 17.7. The van der Waals surface area contributed by atoms with Crippen LogP contribution in [0, 0.1) is 17.3 Å². The van der Waals surface area contributed by atoms with E-state index >= 15 is 0 Å². The van der Waals surface area contributed by atoms with Crippen LogP contribution in [0.5, 0.6) is 0 Å². The summed E-state index contributed by atoms with van der Waals surface area (Å²) in [6.07, 6.45) is 11.5. The van der Waals surface area contributed by atoms with Crippen LogP contribution in [-0.4, -0.2) is 85.7 Å². The quantitative estimate of drug-likeness (QED) is 0.381. The number of carbonyl (C=O) groups excluding carboxylic acids is 1. The van der Waals surface area contributed by atoms with E-state index in [0.29, 0.717) is 24.0 Å². The lowest BCUT2D eigenvalue weighted by atomic mass is 9.84. The van der Waals surface area contributed by atoms with Gasteiger partial charge in [0.25, 0.3) is 0 Å². The number of rotatable bonds is 8. The zero-order valence-electron chi connectivity index (χ0n) is 24.2. The molecule has 2 heterocycles. The molecule has 4 N–H and O–H groups in total. The van der Waals surface area contributed by atoms with Crippen molar-refractivity contribution in [2.24, 2.45) is 22.2 Å². The molecule has 7 nitrogen and oxygen atoms in total. The molecule has 1 saturated heterocycles. The highest BCUT2D eigenvalue weighted by Crippen LogP contribution is 2.34. The van der Waals surface area contributed by atoms with Crippen molar-refractivity contribution in [2.45, 2.75) is 114 Å². The Hall–Kier alpha value is -0.830. The van der Waals surface area contributed by atoms with Crippen LogP contribution in [0.4, 0.5) is 0 Å². The van der Waals surface area contributed by atoms with Gasteiger partial charge in [0.05, 0.1) is 5.84 Å². The number of nitrogens with one attached hydrogen (secondary N) is 4. The molecule has 4 aliphatic rings. The molecule has 2 saturated carbocycles. The lowest BCUT2D eigenvalue weighted by Crippen LogP contribution is -2.49. The Morgan fingerprint density at radius 1 is 1.11 bits per heavy atom. The van der Waals surface area contributed by atoms with Crippen LogP contribution in [0.3, 0.4) is 0 Å². The summed E-state index contributed by atoms with van der Waals surface area (Å²) in [5.41, 5.74) is 0.0779. The van der Waals surface area contributed by atoms with Crippen LogP contribution in [0.25, 0.3) is 0 Å². The Balaban J connectivity index is 1.21. The maximum absolute atomic E-state index is 13.0. The van der Waals surface area contributed by atoms with E-state index in [-0.39, 0.29) is 17.2 Å². The second kappa shape index (κ2) is 13.5. The number of aliphatic imine (C=N–C) groups is 1. The number of amidine groups is 1. The number of thioether (sulfide) groups is 1. The van der Waals surface area contributed by atoms with Gasteiger partial charge in [0.1, 0.15) is 0 Å². The predicted molar refractivity (Wildman–Crippen MR) is 157 cm³/mol. The average molecular weight is 535 g/mol. The van der Waals surface area contributed by atoms with Crippen LogP contribution in [0.2, 0.25) is 0 Å². The van der Waals surface area contributed by atoms with Crippen LogP contribution < -0.4 is 21.3 Å². The van der Waals surface area contributed by atoms with Crippen molar-refractivity contribution in [2.75, 3.05) is 39.6 Å². The molecule has 1 amide bonds. The summed E-state index contributed by atoms with van der Waals surface area (Å²) < 4.78 is 0. The smallest absolute Gasteiger partial charge is 0.223 e. The van der Waals surface area contributed by atoms with Crippen molar-refractivity contribution < 1.29 is 4.79 Å².